The molecule has 0 saturated heterocycles. The first-order valence-electron chi connectivity index (χ1n) is 5.14. The zero-order chi connectivity index (χ0) is 13.1. The van der Waals surface area contributed by atoms with Crippen LogP contribution in [-0.4, -0.2) is 20.7 Å². The van der Waals surface area contributed by atoms with Gasteiger partial charge < -0.3 is 5.32 Å². The second-order valence-corrected chi connectivity index (χ2v) is 5.72. The second-order valence-electron chi connectivity index (χ2n) is 3.64. The largest absolute Gasteiger partial charge is 0.345 e. The van der Waals surface area contributed by atoms with Crippen LogP contribution >= 0.6 is 38.5 Å². The summed E-state index contributed by atoms with van der Waals surface area (Å²) in [6.45, 7) is 0.322. The van der Waals surface area contributed by atoms with Crippen LogP contribution in [0.3, 0.4) is 0 Å². The number of carbonyl (C=O) groups excluding carboxylic acids is 1. The SMILES string of the molecule is Cn1cnc(CNC(=O)c2cc(Br)ccc2I)n1. The summed E-state index contributed by atoms with van der Waals surface area (Å²) < 4.78 is 3.39. The Balaban J connectivity index is 2.05. The Morgan fingerprint density at radius 2 is 2.33 bits per heavy atom. The van der Waals surface area contributed by atoms with Crippen LogP contribution in [0.4, 0.5) is 0 Å². The van der Waals surface area contributed by atoms with Crippen molar-refractivity contribution in [3.05, 3.63) is 44.0 Å². The van der Waals surface area contributed by atoms with E-state index in [0.717, 1.165) is 8.04 Å². The minimum absolute atomic E-state index is 0.131. The van der Waals surface area contributed by atoms with Gasteiger partial charge in [0.05, 0.1) is 12.1 Å². The lowest BCUT2D eigenvalue weighted by molar-refractivity contribution is 0.0949. The van der Waals surface area contributed by atoms with Crippen LogP contribution in [0, 0.1) is 3.57 Å². The van der Waals surface area contributed by atoms with Crippen molar-refractivity contribution in [3.8, 4) is 0 Å². The number of nitrogens with zero attached hydrogens (tertiary/aromatic N) is 3. The van der Waals surface area contributed by atoms with Crippen molar-refractivity contribution in [1.82, 2.24) is 20.1 Å². The van der Waals surface area contributed by atoms with Gasteiger partial charge in [0.2, 0.25) is 0 Å². The topological polar surface area (TPSA) is 59.8 Å². The normalized spacial score (nSPS) is 10.4. The Morgan fingerprint density at radius 1 is 1.56 bits per heavy atom. The van der Waals surface area contributed by atoms with Crippen LogP contribution in [0.2, 0.25) is 0 Å². The zero-order valence-corrected chi connectivity index (χ0v) is 13.3. The number of aromatic nitrogens is 3. The molecule has 0 aliphatic carbocycles. The van der Waals surface area contributed by atoms with Gasteiger partial charge in [0, 0.05) is 15.1 Å². The molecular weight excluding hydrogens is 411 g/mol. The number of halogens is 2. The maximum atomic E-state index is 12.0. The minimum atomic E-state index is -0.131. The molecule has 0 bridgehead atoms. The fourth-order valence-corrected chi connectivity index (χ4v) is 2.33. The van der Waals surface area contributed by atoms with Crippen molar-refractivity contribution in [3.63, 3.8) is 0 Å². The van der Waals surface area contributed by atoms with Gasteiger partial charge in [-0.05, 0) is 40.8 Å². The van der Waals surface area contributed by atoms with Gasteiger partial charge in [0.25, 0.3) is 5.91 Å². The van der Waals surface area contributed by atoms with Gasteiger partial charge in [-0.1, -0.05) is 15.9 Å². The summed E-state index contributed by atoms with van der Waals surface area (Å²) in [7, 11) is 1.79. The van der Waals surface area contributed by atoms with Crippen molar-refractivity contribution < 1.29 is 4.79 Å². The van der Waals surface area contributed by atoms with Crippen LogP contribution in [0.25, 0.3) is 0 Å². The van der Waals surface area contributed by atoms with E-state index in [1.54, 1.807) is 24.1 Å². The average Bonchev–Trinajstić information content (AvgIpc) is 2.75. The van der Waals surface area contributed by atoms with E-state index in [-0.39, 0.29) is 5.91 Å². The molecule has 1 amide bonds. The predicted molar refractivity (Wildman–Crippen MR) is 79.0 cm³/mol. The third-order valence-electron chi connectivity index (χ3n) is 2.23. The van der Waals surface area contributed by atoms with Gasteiger partial charge in [0.15, 0.2) is 5.82 Å². The molecule has 5 nitrogen and oxygen atoms in total. The Labute approximate surface area is 126 Å². The van der Waals surface area contributed by atoms with E-state index in [1.165, 1.54) is 0 Å². The molecule has 0 spiro atoms. The Hall–Kier alpha value is -0.960. The quantitative estimate of drug-likeness (QED) is 0.773. The highest BCUT2D eigenvalue weighted by Gasteiger charge is 2.11. The first-order valence-corrected chi connectivity index (χ1v) is 7.01. The summed E-state index contributed by atoms with van der Waals surface area (Å²) in [5, 5.41) is 6.89. The molecule has 18 heavy (non-hydrogen) atoms. The first-order chi connectivity index (χ1) is 8.56. The maximum Gasteiger partial charge on any atom is 0.252 e. The van der Waals surface area contributed by atoms with E-state index in [0.29, 0.717) is 17.9 Å². The zero-order valence-electron chi connectivity index (χ0n) is 9.52. The fourth-order valence-electron chi connectivity index (χ4n) is 1.39. The van der Waals surface area contributed by atoms with Crippen LogP contribution in [-0.2, 0) is 13.6 Å². The molecule has 1 aromatic heterocycles. The smallest absolute Gasteiger partial charge is 0.252 e. The molecule has 0 aliphatic rings. The molecule has 2 rings (SSSR count). The molecule has 0 radical (unpaired) electrons. The van der Waals surface area contributed by atoms with E-state index < -0.39 is 0 Å². The monoisotopic (exact) mass is 420 g/mol. The third-order valence-corrected chi connectivity index (χ3v) is 3.66. The summed E-state index contributed by atoms with van der Waals surface area (Å²) >= 11 is 5.49. The van der Waals surface area contributed by atoms with Crippen LogP contribution in [0.1, 0.15) is 16.2 Å². The number of benzene rings is 1. The van der Waals surface area contributed by atoms with Gasteiger partial charge >= 0.3 is 0 Å². The van der Waals surface area contributed by atoms with E-state index in [2.05, 4.69) is 53.9 Å². The molecule has 0 atom stereocenters. The van der Waals surface area contributed by atoms with Crippen molar-refractivity contribution in [2.24, 2.45) is 7.05 Å². The first kappa shape index (κ1) is 13.5. The number of hydrogen-bond donors (Lipinski definition) is 1. The molecule has 0 fully saturated rings. The minimum Gasteiger partial charge on any atom is -0.345 e. The summed E-state index contributed by atoms with van der Waals surface area (Å²) in [4.78, 5) is 16.0. The van der Waals surface area contributed by atoms with Crippen molar-refractivity contribution >= 4 is 44.4 Å². The average molecular weight is 421 g/mol. The summed E-state index contributed by atoms with van der Waals surface area (Å²) in [6, 6.07) is 5.58. The summed E-state index contributed by atoms with van der Waals surface area (Å²) in [5.74, 6) is 0.462. The number of amides is 1. The molecule has 0 saturated carbocycles. The van der Waals surface area contributed by atoms with Crippen LogP contribution < -0.4 is 5.32 Å². The van der Waals surface area contributed by atoms with Gasteiger partial charge in [0.1, 0.15) is 6.33 Å². The molecule has 1 aromatic carbocycles. The van der Waals surface area contributed by atoms with E-state index in [4.69, 9.17) is 0 Å². The fraction of sp³-hybridized carbons (Fsp3) is 0.182. The Bertz CT molecular complexity index is 584. The molecule has 1 N–H and O–H groups in total. The van der Waals surface area contributed by atoms with Crippen molar-refractivity contribution in [2.45, 2.75) is 6.54 Å². The summed E-state index contributed by atoms with van der Waals surface area (Å²) in [5.41, 5.74) is 0.640. The van der Waals surface area contributed by atoms with Gasteiger partial charge in [-0.15, -0.1) is 0 Å². The van der Waals surface area contributed by atoms with E-state index in [1.807, 2.05) is 12.1 Å². The predicted octanol–water partition coefficient (Wildman–Crippen LogP) is 2.11. The standard InChI is InChI=1S/C11H10BrIN4O/c1-17-6-15-10(16-17)5-14-11(18)8-4-7(12)2-3-9(8)13/h2-4,6H,5H2,1H3,(H,14,18). The lowest BCUT2D eigenvalue weighted by Gasteiger charge is -2.05. The second kappa shape index (κ2) is 5.79. The third kappa shape index (κ3) is 3.29. The molecule has 2 aromatic rings. The number of aryl methyl sites for hydroxylation is 1. The molecule has 0 unspecified atom stereocenters. The number of carbonyl (C=O) groups is 1. The number of nitrogens with one attached hydrogen (secondary N) is 1. The lowest BCUT2D eigenvalue weighted by atomic mass is 10.2. The van der Waals surface area contributed by atoms with Crippen LogP contribution in [0.5, 0.6) is 0 Å². The number of hydrogen-bond acceptors (Lipinski definition) is 3. The Kier molecular flexibility index (Phi) is 4.33. The van der Waals surface area contributed by atoms with E-state index in [9.17, 15) is 4.79 Å². The molecule has 94 valence electrons. The number of rotatable bonds is 3. The molecular formula is C11H10BrIN4O. The molecule has 0 aliphatic heterocycles. The lowest BCUT2D eigenvalue weighted by Crippen LogP contribution is -2.24. The molecule has 1 heterocycles. The highest BCUT2D eigenvalue weighted by atomic mass is 127. The van der Waals surface area contributed by atoms with E-state index >= 15 is 0 Å². The maximum absolute atomic E-state index is 12.0. The Morgan fingerprint density at radius 3 is 3.00 bits per heavy atom. The molecule has 7 heteroatoms. The van der Waals surface area contributed by atoms with Crippen molar-refractivity contribution in [1.29, 1.82) is 0 Å². The summed E-state index contributed by atoms with van der Waals surface area (Å²) in [6.07, 6.45) is 1.60. The highest BCUT2D eigenvalue weighted by molar-refractivity contribution is 14.1. The van der Waals surface area contributed by atoms with Crippen LogP contribution in [0.15, 0.2) is 29.0 Å². The highest BCUT2D eigenvalue weighted by Crippen LogP contribution is 2.18. The van der Waals surface area contributed by atoms with Gasteiger partial charge in [-0.25, -0.2) is 4.98 Å². The van der Waals surface area contributed by atoms with Crippen molar-refractivity contribution in [2.75, 3.05) is 0 Å². The van der Waals surface area contributed by atoms with Gasteiger partial charge in [-0.3, -0.25) is 9.48 Å². The van der Waals surface area contributed by atoms with Gasteiger partial charge in [-0.2, -0.15) is 5.10 Å².